The molecular weight excluding hydrogens is 376 g/mol. The van der Waals surface area contributed by atoms with Crippen molar-refractivity contribution in [3.8, 4) is 0 Å². The van der Waals surface area contributed by atoms with Crippen LogP contribution >= 0.6 is 0 Å². The maximum atomic E-state index is 13.0. The zero-order valence-corrected chi connectivity index (χ0v) is 16.1. The summed E-state index contributed by atoms with van der Waals surface area (Å²) in [7, 11) is -3.69. The van der Waals surface area contributed by atoms with E-state index in [4.69, 9.17) is 4.42 Å². The van der Waals surface area contributed by atoms with Gasteiger partial charge in [0.15, 0.2) is 0 Å². The molecule has 1 N–H and O–H groups in total. The van der Waals surface area contributed by atoms with Gasteiger partial charge in [-0.25, -0.2) is 13.1 Å². The van der Waals surface area contributed by atoms with Gasteiger partial charge < -0.3 is 9.32 Å². The Labute approximate surface area is 163 Å². The van der Waals surface area contributed by atoms with Crippen LogP contribution in [0.25, 0.3) is 0 Å². The number of amides is 1. The van der Waals surface area contributed by atoms with Gasteiger partial charge in [0.2, 0.25) is 10.0 Å². The van der Waals surface area contributed by atoms with E-state index in [0.717, 1.165) is 17.7 Å². The first-order valence-corrected chi connectivity index (χ1v) is 10.5. The molecule has 6 nitrogen and oxygen atoms in total. The molecule has 0 radical (unpaired) electrons. The van der Waals surface area contributed by atoms with Crippen LogP contribution in [0.1, 0.15) is 28.6 Å². The number of fused-ring (bicyclic) bond motifs is 1. The lowest BCUT2D eigenvalue weighted by Gasteiger charge is -2.23. The highest BCUT2D eigenvalue weighted by Gasteiger charge is 2.31. The summed E-state index contributed by atoms with van der Waals surface area (Å²) in [5, 5.41) is 0. The fraction of sp³-hybridized carbons (Fsp3) is 0.190. The SMILES string of the molecule is C[C@H]1Cc2ccccc2N1C(=O)c1ccc(S(=O)(=O)NCc2ccco2)cc1. The highest BCUT2D eigenvalue weighted by molar-refractivity contribution is 7.89. The Morgan fingerprint density at radius 1 is 1.11 bits per heavy atom. The lowest BCUT2D eigenvalue weighted by Crippen LogP contribution is -2.35. The summed E-state index contributed by atoms with van der Waals surface area (Å²) in [4.78, 5) is 14.9. The number of hydrogen-bond donors (Lipinski definition) is 1. The van der Waals surface area contributed by atoms with Gasteiger partial charge in [0.25, 0.3) is 5.91 Å². The first kappa shape index (κ1) is 18.5. The average molecular weight is 396 g/mol. The third kappa shape index (κ3) is 3.46. The topological polar surface area (TPSA) is 79.6 Å². The minimum atomic E-state index is -3.69. The number of nitrogens with one attached hydrogen (secondary N) is 1. The van der Waals surface area contributed by atoms with Crippen molar-refractivity contribution in [1.29, 1.82) is 0 Å². The Bertz CT molecular complexity index is 1090. The predicted octanol–water partition coefficient (Wildman–Crippen LogP) is 3.35. The largest absolute Gasteiger partial charge is 0.468 e. The number of furan rings is 1. The number of para-hydroxylation sites is 1. The van der Waals surface area contributed by atoms with E-state index >= 15 is 0 Å². The van der Waals surface area contributed by atoms with E-state index in [-0.39, 0.29) is 23.4 Å². The molecule has 0 saturated carbocycles. The molecule has 0 bridgehead atoms. The number of sulfonamides is 1. The van der Waals surface area contributed by atoms with E-state index in [1.165, 1.54) is 18.4 Å². The lowest BCUT2D eigenvalue weighted by atomic mass is 10.1. The van der Waals surface area contributed by atoms with E-state index in [1.54, 1.807) is 29.2 Å². The van der Waals surface area contributed by atoms with Crippen LogP contribution in [0.3, 0.4) is 0 Å². The Hall–Kier alpha value is -2.90. The van der Waals surface area contributed by atoms with Crippen LogP contribution < -0.4 is 9.62 Å². The maximum Gasteiger partial charge on any atom is 0.258 e. The average Bonchev–Trinajstić information content (AvgIpc) is 3.33. The number of benzene rings is 2. The van der Waals surface area contributed by atoms with Gasteiger partial charge in [-0.2, -0.15) is 0 Å². The van der Waals surface area contributed by atoms with Gasteiger partial charge in [0.1, 0.15) is 5.76 Å². The highest BCUT2D eigenvalue weighted by Crippen LogP contribution is 2.33. The minimum absolute atomic E-state index is 0.0586. The van der Waals surface area contributed by atoms with Gasteiger partial charge in [0, 0.05) is 17.3 Å². The summed E-state index contributed by atoms with van der Waals surface area (Å²) in [5.74, 6) is 0.391. The molecule has 4 rings (SSSR count). The van der Waals surface area contributed by atoms with Gasteiger partial charge in [-0.3, -0.25) is 4.79 Å². The molecule has 28 heavy (non-hydrogen) atoms. The molecule has 144 valence electrons. The monoisotopic (exact) mass is 396 g/mol. The molecule has 0 spiro atoms. The molecule has 3 aromatic rings. The zero-order chi connectivity index (χ0) is 19.7. The van der Waals surface area contributed by atoms with E-state index in [2.05, 4.69) is 4.72 Å². The smallest absolute Gasteiger partial charge is 0.258 e. The van der Waals surface area contributed by atoms with Crippen LogP contribution in [0.4, 0.5) is 5.69 Å². The van der Waals surface area contributed by atoms with Crippen molar-refractivity contribution in [1.82, 2.24) is 4.72 Å². The van der Waals surface area contributed by atoms with Gasteiger partial charge >= 0.3 is 0 Å². The Kier molecular flexibility index (Phi) is 4.78. The number of nitrogens with zero attached hydrogens (tertiary/aromatic N) is 1. The van der Waals surface area contributed by atoms with Crippen molar-refractivity contribution in [2.24, 2.45) is 0 Å². The molecule has 1 aliphatic rings. The van der Waals surface area contributed by atoms with Crippen molar-refractivity contribution in [2.75, 3.05) is 4.90 Å². The number of carbonyl (C=O) groups excluding carboxylic acids is 1. The fourth-order valence-corrected chi connectivity index (χ4v) is 4.45. The van der Waals surface area contributed by atoms with Crippen LogP contribution in [-0.2, 0) is 23.0 Å². The van der Waals surface area contributed by atoms with Crippen LogP contribution in [0.15, 0.2) is 76.2 Å². The van der Waals surface area contributed by atoms with Crippen molar-refractivity contribution in [3.63, 3.8) is 0 Å². The molecule has 0 fully saturated rings. The summed E-state index contributed by atoms with van der Waals surface area (Å²) in [6.45, 7) is 2.08. The summed E-state index contributed by atoms with van der Waals surface area (Å²) in [6.07, 6.45) is 2.30. The number of carbonyl (C=O) groups is 1. The molecule has 2 heterocycles. The molecule has 1 aromatic heterocycles. The van der Waals surface area contributed by atoms with Gasteiger partial charge in [-0.1, -0.05) is 18.2 Å². The Morgan fingerprint density at radius 3 is 2.57 bits per heavy atom. The van der Waals surface area contributed by atoms with E-state index in [9.17, 15) is 13.2 Å². The molecule has 2 aromatic carbocycles. The standard InChI is InChI=1S/C21H20N2O4S/c1-15-13-17-5-2-3-7-20(17)23(15)21(24)16-8-10-19(11-9-16)28(25,26)22-14-18-6-4-12-27-18/h2-12,15,22H,13-14H2,1H3/t15-/m0/s1. The van der Waals surface area contributed by atoms with E-state index in [1.807, 2.05) is 31.2 Å². The second-order valence-electron chi connectivity index (χ2n) is 6.79. The van der Waals surface area contributed by atoms with Crippen molar-refractivity contribution in [2.45, 2.75) is 30.8 Å². The van der Waals surface area contributed by atoms with Gasteiger partial charge in [0.05, 0.1) is 17.7 Å². The van der Waals surface area contributed by atoms with E-state index in [0.29, 0.717) is 11.3 Å². The van der Waals surface area contributed by atoms with Gasteiger partial charge in [-0.15, -0.1) is 0 Å². The van der Waals surface area contributed by atoms with Crippen molar-refractivity contribution < 1.29 is 17.6 Å². The number of rotatable bonds is 5. The third-order valence-corrected chi connectivity index (χ3v) is 6.27. The molecule has 0 unspecified atom stereocenters. The highest BCUT2D eigenvalue weighted by atomic mass is 32.2. The molecule has 7 heteroatoms. The Balaban J connectivity index is 1.52. The second-order valence-corrected chi connectivity index (χ2v) is 8.55. The number of hydrogen-bond acceptors (Lipinski definition) is 4. The zero-order valence-electron chi connectivity index (χ0n) is 15.3. The van der Waals surface area contributed by atoms with Crippen molar-refractivity contribution >= 4 is 21.6 Å². The van der Waals surface area contributed by atoms with Gasteiger partial charge in [-0.05, 0) is 61.4 Å². The second kappa shape index (κ2) is 7.26. The maximum absolute atomic E-state index is 13.0. The van der Waals surface area contributed by atoms with E-state index < -0.39 is 10.0 Å². The molecule has 1 aliphatic heterocycles. The summed E-state index contributed by atoms with van der Waals surface area (Å²) >= 11 is 0. The molecular formula is C21H20N2O4S. The van der Waals surface area contributed by atoms with Crippen LogP contribution in [0.2, 0.25) is 0 Å². The third-order valence-electron chi connectivity index (χ3n) is 4.85. The summed E-state index contributed by atoms with van der Waals surface area (Å²) in [6, 6.07) is 17.3. The quantitative estimate of drug-likeness (QED) is 0.717. The molecule has 1 amide bonds. The summed E-state index contributed by atoms with van der Waals surface area (Å²) < 4.78 is 32.5. The normalized spacial score (nSPS) is 16.2. The minimum Gasteiger partial charge on any atom is -0.468 e. The number of anilines is 1. The molecule has 0 saturated heterocycles. The van der Waals surface area contributed by atoms with Crippen LogP contribution in [0, 0.1) is 0 Å². The lowest BCUT2D eigenvalue weighted by molar-refractivity contribution is 0.0981. The van der Waals surface area contributed by atoms with Crippen LogP contribution in [0.5, 0.6) is 0 Å². The first-order valence-electron chi connectivity index (χ1n) is 8.99. The fourth-order valence-electron chi connectivity index (χ4n) is 3.45. The van der Waals surface area contributed by atoms with Crippen molar-refractivity contribution in [3.05, 3.63) is 83.8 Å². The summed E-state index contributed by atoms with van der Waals surface area (Å²) in [5.41, 5.74) is 2.51. The first-order chi connectivity index (χ1) is 13.5. The predicted molar refractivity (Wildman–Crippen MR) is 106 cm³/mol. The molecule has 0 aliphatic carbocycles. The molecule has 1 atom stereocenters. The Morgan fingerprint density at radius 2 is 1.86 bits per heavy atom. The van der Waals surface area contributed by atoms with Crippen LogP contribution in [-0.4, -0.2) is 20.4 Å².